The van der Waals surface area contributed by atoms with Crippen molar-refractivity contribution in [3.8, 4) is 0 Å². The van der Waals surface area contributed by atoms with E-state index in [2.05, 4.69) is 0 Å². The van der Waals surface area contributed by atoms with Crippen molar-refractivity contribution in [3.63, 3.8) is 0 Å². The van der Waals surface area contributed by atoms with Crippen molar-refractivity contribution < 1.29 is 15.0 Å². The zero-order valence-corrected chi connectivity index (χ0v) is 9.35. The molecule has 4 heteroatoms. The maximum absolute atomic E-state index is 10.7. The molecule has 1 unspecified atom stereocenters. The van der Waals surface area contributed by atoms with Crippen molar-refractivity contribution in [2.45, 2.75) is 38.6 Å². The molecule has 88 valence electrons. The molecule has 0 saturated heterocycles. The Bertz CT molecular complexity index is 202. The van der Waals surface area contributed by atoms with Gasteiger partial charge in [-0.3, -0.25) is 9.69 Å². The van der Waals surface area contributed by atoms with Gasteiger partial charge in [0.2, 0.25) is 0 Å². The van der Waals surface area contributed by atoms with Crippen molar-refractivity contribution >= 4 is 5.97 Å². The molecule has 0 bridgehead atoms. The van der Waals surface area contributed by atoms with Gasteiger partial charge >= 0.3 is 5.97 Å². The summed E-state index contributed by atoms with van der Waals surface area (Å²) in [5.74, 6) is -0.614. The molecule has 0 spiro atoms. The molecule has 1 rings (SSSR count). The van der Waals surface area contributed by atoms with Gasteiger partial charge in [0.1, 0.15) is 0 Å². The maximum Gasteiger partial charge on any atom is 0.317 e. The highest BCUT2D eigenvalue weighted by atomic mass is 16.4. The number of aliphatic hydroxyl groups excluding tert-OH is 1. The first kappa shape index (κ1) is 12.5. The van der Waals surface area contributed by atoms with Crippen LogP contribution in [0, 0.1) is 5.92 Å². The second-order valence-corrected chi connectivity index (χ2v) is 4.55. The van der Waals surface area contributed by atoms with Gasteiger partial charge in [0, 0.05) is 19.2 Å². The van der Waals surface area contributed by atoms with Crippen LogP contribution in [0.3, 0.4) is 0 Å². The van der Waals surface area contributed by atoms with E-state index in [4.69, 9.17) is 10.2 Å². The van der Waals surface area contributed by atoms with Gasteiger partial charge in [0.05, 0.1) is 6.54 Å². The van der Waals surface area contributed by atoms with Gasteiger partial charge < -0.3 is 10.2 Å². The Hall–Kier alpha value is -0.610. The average Bonchev–Trinajstić information content (AvgIpc) is 2.68. The standard InChI is InChI=1S/C11H21NO3/c1-9(8-13)6-12(7-11(14)15)10-4-2-3-5-10/h9-10,13H,2-8H2,1H3,(H,14,15). The van der Waals surface area contributed by atoms with Crippen molar-refractivity contribution in [3.05, 3.63) is 0 Å². The van der Waals surface area contributed by atoms with E-state index in [1.165, 1.54) is 12.8 Å². The van der Waals surface area contributed by atoms with Crippen molar-refractivity contribution in [2.24, 2.45) is 5.92 Å². The molecular formula is C11H21NO3. The van der Waals surface area contributed by atoms with Crippen LogP contribution in [-0.2, 0) is 4.79 Å². The highest BCUT2D eigenvalue weighted by Crippen LogP contribution is 2.23. The molecule has 1 aliphatic rings. The quantitative estimate of drug-likeness (QED) is 0.692. The number of rotatable bonds is 6. The molecule has 1 aliphatic carbocycles. The van der Waals surface area contributed by atoms with E-state index in [9.17, 15) is 4.79 Å². The fourth-order valence-corrected chi connectivity index (χ4v) is 2.24. The topological polar surface area (TPSA) is 60.8 Å². The number of aliphatic carboxylic acids is 1. The third-order valence-electron chi connectivity index (χ3n) is 3.04. The molecule has 0 amide bonds. The number of nitrogens with zero attached hydrogens (tertiary/aromatic N) is 1. The molecule has 0 aromatic heterocycles. The van der Waals surface area contributed by atoms with Gasteiger partial charge in [0.25, 0.3) is 0 Å². The van der Waals surface area contributed by atoms with Crippen LogP contribution in [0.15, 0.2) is 0 Å². The van der Waals surface area contributed by atoms with Gasteiger partial charge in [-0.15, -0.1) is 0 Å². The summed E-state index contributed by atoms with van der Waals surface area (Å²) in [7, 11) is 0. The number of carboxylic acids is 1. The fraction of sp³-hybridized carbons (Fsp3) is 0.909. The number of aliphatic hydroxyl groups is 1. The van der Waals surface area contributed by atoms with E-state index >= 15 is 0 Å². The third-order valence-corrected chi connectivity index (χ3v) is 3.04. The zero-order valence-electron chi connectivity index (χ0n) is 9.35. The molecule has 0 aromatic carbocycles. The lowest BCUT2D eigenvalue weighted by Crippen LogP contribution is -2.40. The molecule has 0 radical (unpaired) electrons. The van der Waals surface area contributed by atoms with E-state index < -0.39 is 5.97 Å². The van der Waals surface area contributed by atoms with E-state index in [1.807, 2.05) is 11.8 Å². The van der Waals surface area contributed by atoms with Crippen LogP contribution in [0.25, 0.3) is 0 Å². The molecule has 0 heterocycles. The minimum Gasteiger partial charge on any atom is -0.480 e. The Labute approximate surface area is 90.9 Å². The van der Waals surface area contributed by atoms with Crippen LogP contribution in [0.5, 0.6) is 0 Å². The van der Waals surface area contributed by atoms with Crippen LogP contribution in [-0.4, -0.2) is 46.8 Å². The van der Waals surface area contributed by atoms with E-state index in [1.54, 1.807) is 0 Å². The third kappa shape index (κ3) is 4.18. The first-order valence-electron chi connectivity index (χ1n) is 5.70. The van der Waals surface area contributed by atoms with Crippen molar-refractivity contribution in [2.75, 3.05) is 19.7 Å². The molecule has 4 nitrogen and oxygen atoms in total. The minimum atomic E-state index is -0.771. The lowest BCUT2D eigenvalue weighted by atomic mass is 10.1. The molecule has 1 saturated carbocycles. The Kier molecular flexibility index (Phi) is 5.05. The summed E-state index contributed by atoms with van der Waals surface area (Å²) in [6, 6.07) is 0.412. The number of carboxylic acid groups (broad SMARTS) is 1. The summed E-state index contributed by atoms with van der Waals surface area (Å²) >= 11 is 0. The number of carbonyl (C=O) groups is 1. The van der Waals surface area contributed by atoms with E-state index in [-0.39, 0.29) is 19.1 Å². The van der Waals surface area contributed by atoms with Crippen LogP contribution < -0.4 is 0 Å². The predicted octanol–water partition coefficient (Wildman–Crippen LogP) is 0.944. The first-order chi connectivity index (χ1) is 7.13. The van der Waals surface area contributed by atoms with Gasteiger partial charge in [-0.2, -0.15) is 0 Å². The Morgan fingerprint density at radius 1 is 1.47 bits per heavy atom. The summed E-state index contributed by atoms with van der Waals surface area (Å²) in [6.45, 7) is 2.87. The summed E-state index contributed by atoms with van der Waals surface area (Å²) < 4.78 is 0. The van der Waals surface area contributed by atoms with Gasteiger partial charge in [-0.1, -0.05) is 19.8 Å². The SMILES string of the molecule is CC(CO)CN(CC(=O)O)C1CCCC1. The fourth-order valence-electron chi connectivity index (χ4n) is 2.24. The predicted molar refractivity (Wildman–Crippen MR) is 57.7 cm³/mol. The molecular weight excluding hydrogens is 194 g/mol. The normalized spacial score (nSPS) is 19.7. The van der Waals surface area contributed by atoms with Gasteiger partial charge in [-0.05, 0) is 18.8 Å². The molecule has 1 fully saturated rings. The minimum absolute atomic E-state index is 0.106. The van der Waals surface area contributed by atoms with E-state index in [0.717, 1.165) is 12.8 Å². The summed E-state index contributed by atoms with van der Waals surface area (Å²) in [6.07, 6.45) is 4.61. The van der Waals surface area contributed by atoms with Gasteiger partial charge in [-0.25, -0.2) is 0 Å². The number of hydrogen-bond acceptors (Lipinski definition) is 3. The highest BCUT2D eigenvalue weighted by Gasteiger charge is 2.25. The lowest BCUT2D eigenvalue weighted by molar-refractivity contribution is -0.139. The van der Waals surface area contributed by atoms with Crippen molar-refractivity contribution in [1.82, 2.24) is 4.90 Å². The molecule has 0 aromatic rings. The molecule has 0 aliphatic heterocycles. The van der Waals surface area contributed by atoms with Gasteiger partial charge in [0.15, 0.2) is 0 Å². The zero-order chi connectivity index (χ0) is 11.3. The average molecular weight is 215 g/mol. The van der Waals surface area contributed by atoms with Crippen molar-refractivity contribution in [1.29, 1.82) is 0 Å². The Morgan fingerprint density at radius 2 is 2.07 bits per heavy atom. The largest absolute Gasteiger partial charge is 0.480 e. The van der Waals surface area contributed by atoms with Crippen LogP contribution in [0.1, 0.15) is 32.6 Å². The molecule has 1 atom stereocenters. The highest BCUT2D eigenvalue weighted by molar-refractivity contribution is 5.69. The lowest BCUT2D eigenvalue weighted by Gasteiger charge is -2.29. The maximum atomic E-state index is 10.7. The smallest absolute Gasteiger partial charge is 0.317 e. The van der Waals surface area contributed by atoms with Crippen LogP contribution >= 0.6 is 0 Å². The first-order valence-corrected chi connectivity index (χ1v) is 5.70. The Balaban J connectivity index is 2.47. The van der Waals surface area contributed by atoms with Crippen LogP contribution in [0.4, 0.5) is 0 Å². The second kappa shape index (κ2) is 6.08. The molecule has 15 heavy (non-hydrogen) atoms. The number of hydrogen-bond donors (Lipinski definition) is 2. The Morgan fingerprint density at radius 3 is 2.53 bits per heavy atom. The van der Waals surface area contributed by atoms with Crippen LogP contribution in [0.2, 0.25) is 0 Å². The van der Waals surface area contributed by atoms with E-state index in [0.29, 0.717) is 12.6 Å². The summed E-state index contributed by atoms with van der Waals surface area (Å²) in [4.78, 5) is 12.7. The monoisotopic (exact) mass is 215 g/mol. The summed E-state index contributed by atoms with van der Waals surface area (Å²) in [5.41, 5.74) is 0. The summed E-state index contributed by atoms with van der Waals surface area (Å²) in [5, 5.41) is 17.8. The molecule has 2 N–H and O–H groups in total. The second-order valence-electron chi connectivity index (χ2n) is 4.55.